The number of rotatable bonds is 5. The molecule has 106 valence electrons. The van der Waals surface area contributed by atoms with Gasteiger partial charge in [-0.1, -0.05) is 17.7 Å². The standard InChI is InChI=1S/C16H18ClNOS/c1-10-8-13(14(19-2)9-12(10)17)18-16(11-5-6-11)15-4-3-7-20-15/h3-4,7-9,11,16,18H,5-6H2,1-2H3. The van der Waals surface area contributed by atoms with E-state index in [4.69, 9.17) is 16.3 Å². The lowest BCUT2D eigenvalue weighted by atomic mass is 10.1. The molecule has 1 fully saturated rings. The summed E-state index contributed by atoms with van der Waals surface area (Å²) >= 11 is 7.98. The van der Waals surface area contributed by atoms with Crippen LogP contribution >= 0.6 is 22.9 Å². The summed E-state index contributed by atoms with van der Waals surface area (Å²) in [7, 11) is 1.68. The summed E-state index contributed by atoms with van der Waals surface area (Å²) in [5.74, 6) is 1.54. The van der Waals surface area contributed by atoms with Crippen LogP contribution in [0.1, 0.15) is 29.3 Å². The van der Waals surface area contributed by atoms with Gasteiger partial charge in [0.1, 0.15) is 5.75 Å². The Kier molecular flexibility index (Phi) is 3.90. The molecule has 0 aliphatic heterocycles. The summed E-state index contributed by atoms with van der Waals surface area (Å²) in [6, 6.07) is 8.66. The van der Waals surface area contributed by atoms with Gasteiger partial charge in [0, 0.05) is 16.0 Å². The number of benzene rings is 1. The lowest BCUT2D eigenvalue weighted by molar-refractivity contribution is 0.415. The number of thiophene rings is 1. The van der Waals surface area contributed by atoms with Crippen LogP contribution in [0.5, 0.6) is 5.75 Å². The minimum Gasteiger partial charge on any atom is -0.495 e. The molecule has 1 aliphatic carbocycles. The third-order valence-electron chi connectivity index (χ3n) is 3.73. The zero-order valence-electron chi connectivity index (χ0n) is 11.7. The van der Waals surface area contributed by atoms with Crippen molar-refractivity contribution in [3.8, 4) is 5.75 Å². The van der Waals surface area contributed by atoms with E-state index in [-0.39, 0.29) is 0 Å². The summed E-state index contributed by atoms with van der Waals surface area (Å²) in [4.78, 5) is 1.39. The van der Waals surface area contributed by atoms with Gasteiger partial charge >= 0.3 is 0 Å². The molecule has 2 nitrogen and oxygen atoms in total. The first kappa shape index (κ1) is 13.8. The Morgan fingerprint density at radius 2 is 2.20 bits per heavy atom. The highest BCUT2D eigenvalue weighted by Gasteiger charge is 2.33. The molecule has 0 radical (unpaired) electrons. The van der Waals surface area contributed by atoms with Crippen molar-refractivity contribution in [2.24, 2.45) is 5.92 Å². The van der Waals surface area contributed by atoms with Crippen molar-refractivity contribution < 1.29 is 4.74 Å². The Morgan fingerprint density at radius 1 is 1.40 bits per heavy atom. The Bertz CT molecular complexity index is 593. The van der Waals surface area contributed by atoms with Gasteiger partial charge in [-0.3, -0.25) is 0 Å². The molecular formula is C16H18ClNOS. The normalized spacial score (nSPS) is 15.9. The van der Waals surface area contributed by atoms with Gasteiger partial charge in [0.25, 0.3) is 0 Å². The molecule has 0 saturated heterocycles. The van der Waals surface area contributed by atoms with Crippen LogP contribution in [0.2, 0.25) is 5.02 Å². The molecule has 1 N–H and O–H groups in total. The highest BCUT2D eigenvalue weighted by atomic mass is 35.5. The molecule has 1 saturated carbocycles. The van der Waals surface area contributed by atoms with E-state index in [9.17, 15) is 0 Å². The zero-order valence-corrected chi connectivity index (χ0v) is 13.2. The molecule has 1 atom stereocenters. The number of aryl methyl sites for hydroxylation is 1. The van der Waals surface area contributed by atoms with E-state index in [1.807, 2.05) is 24.3 Å². The number of nitrogens with one attached hydrogen (secondary N) is 1. The van der Waals surface area contributed by atoms with Gasteiger partial charge in [0.15, 0.2) is 0 Å². The van der Waals surface area contributed by atoms with Gasteiger partial charge in [0.2, 0.25) is 0 Å². The third kappa shape index (κ3) is 2.79. The van der Waals surface area contributed by atoms with Crippen LogP contribution in [0.25, 0.3) is 0 Å². The SMILES string of the molecule is COc1cc(Cl)c(C)cc1NC(c1cccs1)C1CC1. The molecule has 1 aromatic heterocycles. The van der Waals surface area contributed by atoms with E-state index in [2.05, 4.69) is 28.9 Å². The van der Waals surface area contributed by atoms with Crippen molar-refractivity contribution in [3.05, 3.63) is 45.1 Å². The molecule has 1 heterocycles. The van der Waals surface area contributed by atoms with E-state index >= 15 is 0 Å². The summed E-state index contributed by atoms with van der Waals surface area (Å²) < 4.78 is 5.46. The molecule has 1 aromatic carbocycles. The van der Waals surface area contributed by atoms with Crippen molar-refractivity contribution >= 4 is 28.6 Å². The predicted molar refractivity (Wildman–Crippen MR) is 86.1 cm³/mol. The van der Waals surface area contributed by atoms with Crippen molar-refractivity contribution in [2.45, 2.75) is 25.8 Å². The maximum Gasteiger partial charge on any atom is 0.143 e. The quantitative estimate of drug-likeness (QED) is 0.811. The first-order valence-corrected chi connectivity index (χ1v) is 8.09. The topological polar surface area (TPSA) is 21.3 Å². The average Bonchev–Trinajstić information content (AvgIpc) is 3.14. The molecule has 1 unspecified atom stereocenters. The molecule has 0 amide bonds. The summed E-state index contributed by atoms with van der Waals surface area (Å²) in [6.45, 7) is 2.02. The minimum absolute atomic E-state index is 0.379. The number of methoxy groups -OCH3 is 1. The Hall–Kier alpha value is -1.19. The van der Waals surface area contributed by atoms with Crippen LogP contribution in [-0.4, -0.2) is 7.11 Å². The Morgan fingerprint density at radius 3 is 2.80 bits per heavy atom. The Labute approximate surface area is 128 Å². The zero-order chi connectivity index (χ0) is 14.1. The number of ether oxygens (including phenoxy) is 1. The van der Waals surface area contributed by atoms with E-state index in [0.717, 1.165) is 27.9 Å². The maximum absolute atomic E-state index is 6.17. The van der Waals surface area contributed by atoms with E-state index in [0.29, 0.717) is 6.04 Å². The molecule has 0 spiro atoms. The van der Waals surface area contributed by atoms with Gasteiger partial charge < -0.3 is 10.1 Å². The number of hydrogen-bond donors (Lipinski definition) is 1. The summed E-state index contributed by atoms with van der Waals surface area (Å²) in [6.07, 6.45) is 2.59. The first-order valence-electron chi connectivity index (χ1n) is 6.83. The fourth-order valence-electron chi connectivity index (χ4n) is 2.43. The molecule has 4 heteroatoms. The van der Waals surface area contributed by atoms with Gasteiger partial charge in [-0.15, -0.1) is 11.3 Å². The smallest absolute Gasteiger partial charge is 0.143 e. The second kappa shape index (κ2) is 5.66. The summed E-state index contributed by atoms with van der Waals surface area (Å²) in [5.41, 5.74) is 2.09. The van der Waals surface area contributed by atoms with Crippen LogP contribution in [-0.2, 0) is 0 Å². The second-order valence-corrected chi connectivity index (χ2v) is 6.66. The van der Waals surface area contributed by atoms with Gasteiger partial charge in [-0.2, -0.15) is 0 Å². The second-order valence-electron chi connectivity index (χ2n) is 5.28. The lowest BCUT2D eigenvalue weighted by Gasteiger charge is -2.21. The monoisotopic (exact) mass is 307 g/mol. The largest absolute Gasteiger partial charge is 0.495 e. The van der Waals surface area contributed by atoms with Crippen LogP contribution in [0.4, 0.5) is 5.69 Å². The maximum atomic E-state index is 6.17. The molecule has 0 bridgehead atoms. The highest BCUT2D eigenvalue weighted by Crippen LogP contribution is 2.45. The molecule has 3 rings (SSSR count). The fraction of sp³-hybridized carbons (Fsp3) is 0.375. The van der Waals surface area contributed by atoms with Crippen molar-refractivity contribution in [1.29, 1.82) is 0 Å². The van der Waals surface area contributed by atoms with Gasteiger partial charge in [-0.25, -0.2) is 0 Å². The number of halogens is 1. The van der Waals surface area contributed by atoms with Crippen LogP contribution in [0, 0.1) is 12.8 Å². The van der Waals surface area contributed by atoms with Crippen LogP contribution in [0.3, 0.4) is 0 Å². The average molecular weight is 308 g/mol. The van der Waals surface area contributed by atoms with E-state index in [1.54, 1.807) is 7.11 Å². The number of hydrogen-bond acceptors (Lipinski definition) is 3. The fourth-order valence-corrected chi connectivity index (χ4v) is 3.45. The third-order valence-corrected chi connectivity index (χ3v) is 5.10. The van der Waals surface area contributed by atoms with Gasteiger partial charge in [0.05, 0.1) is 18.8 Å². The minimum atomic E-state index is 0.379. The highest BCUT2D eigenvalue weighted by molar-refractivity contribution is 7.10. The van der Waals surface area contributed by atoms with Crippen LogP contribution in [0.15, 0.2) is 29.6 Å². The first-order chi connectivity index (χ1) is 9.69. The van der Waals surface area contributed by atoms with E-state index < -0.39 is 0 Å². The van der Waals surface area contributed by atoms with Crippen molar-refractivity contribution in [3.63, 3.8) is 0 Å². The van der Waals surface area contributed by atoms with Crippen molar-refractivity contribution in [1.82, 2.24) is 0 Å². The number of anilines is 1. The van der Waals surface area contributed by atoms with Crippen LogP contribution < -0.4 is 10.1 Å². The molecule has 1 aliphatic rings. The molecule has 2 aromatic rings. The lowest BCUT2D eigenvalue weighted by Crippen LogP contribution is -2.12. The van der Waals surface area contributed by atoms with E-state index in [1.165, 1.54) is 17.7 Å². The molecular weight excluding hydrogens is 290 g/mol. The Balaban J connectivity index is 1.90. The molecule has 20 heavy (non-hydrogen) atoms. The van der Waals surface area contributed by atoms with Gasteiger partial charge in [-0.05, 0) is 48.8 Å². The van der Waals surface area contributed by atoms with Crippen molar-refractivity contribution in [2.75, 3.05) is 12.4 Å². The summed E-state index contributed by atoms with van der Waals surface area (Å²) in [5, 5.41) is 6.54. The predicted octanol–water partition coefficient (Wildman–Crippen LogP) is 5.28.